The first-order valence-electron chi connectivity index (χ1n) is 11.7. The van der Waals surface area contributed by atoms with Gasteiger partial charge in [-0.1, -0.05) is 30.3 Å². The summed E-state index contributed by atoms with van der Waals surface area (Å²) < 4.78 is 33.3. The Kier molecular flexibility index (Phi) is 7.85. The number of ether oxygens (including phenoxy) is 1. The van der Waals surface area contributed by atoms with Crippen molar-refractivity contribution >= 4 is 21.6 Å². The van der Waals surface area contributed by atoms with Crippen LogP contribution in [-0.2, 0) is 27.8 Å². The van der Waals surface area contributed by atoms with Crippen LogP contribution in [0.3, 0.4) is 0 Å². The van der Waals surface area contributed by atoms with Crippen molar-refractivity contribution in [2.45, 2.75) is 31.8 Å². The first kappa shape index (κ1) is 24.9. The van der Waals surface area contributed by atoms with Crippen molar-refractivity contribution in [3.63, 3.8) is 0 Å². The molecular weight excluding hydrogens is 462 g/mol. The van der Waals surface area contributed by atoms with Gasteiger partial charge in [-0.15, -0.1) is 0 Å². The van der Waals surface area contributed by atoms with Crippen molar-refractivity contribution in [2.24, 2.45) is 0 Å². The van der Waals surface area contributed by atoms with Crippen molar-refractivity contribution in [3.8, 4) is 0 Å². The van der Waals surface area contributed by atoms with Gasteiger partial charge < -0.3 is 10.1 Å². The van der Waals surface area contributed by atoms with E-state index in [0.717, 1.165) is 49.5 Å². The zero-order chi connectivity index (χ0) is 24.8. The molecule has 0 saturated carbocycles. The van der Waals surface area contributed by atoms with E-state index >= 15 is 0 Å². The Hall–Kier alpha value is -3.20. The molecule has 1 amide bonds. The number of amides is 1. The van der Waals surface area contributed by atoms with E-state index in [1.165, 1.54) is 5.56 Å². The molecule has 1 aliphatic rings. The van der Waals surface area contributed by atoms with Crippen molar-refractivity contribution < 1.29 is 17.9 Å². The molecular formula is C27H31N3O4S. The van der Waals surface area contributed by atoms with E-state index in [2.05, 4.69) is 27.1 Å². The highest BCUT2D eigenvalue weighted by Crippen LogP contribution is 2.19. The zero-order valence-corrected chi connectivity index (χ0v) is 20.9. The number of nitrogens with zero attached hydrogens (tertiary/aromatic N) is 1. The molecule has 7 nitrogen and oxygen atoms in total. The van der Waals surface area contributed by atoms with E-state index in [1.54, 1.807) is 42.5 Å². The van der Waals surface area contributed by atoms with Crippen LogP contribution in [0.4, 0.5) is 5.69 Å². The standard InChI is InChI=1S/C27H31N3O4S/c1-20-3-12-26(17-21(20)2)35(32,33)29-25-10-8-24(9-11-25)27(31)28-18-22-4-6-23(7-5-22)19-30-13-15-34-16-14-30/h3-12,17,29H,13-16,18-19H2,1-2H3,(H,28,31). The van der Waals surface area contributed by atoms with Crippen molar-refractivity contribution in [2.75, 3.05) is 31.0 Å². The molecule has 0 atom stereocenters. The summed E-state index contributed by atoms with van der Waals surface area (Å²) >= 11 is 0. The van der Waals surface area contributed by atoms with Gasteiger partial charge in [-0.3, -0.25) is 14.4 Å². The highest BCUT2D eigenvalue weighted by atomic mass is 32.2. The lowest BCUT2D eigenvalue weighted by molar-refractivity contribution is 0.0342. The third kappa shape index (κ3) is 6.69. The molecule has 0 aliphatic carbocycles. The molecule has 1 aliphatic heterocycles. The van der Waals surface area contributed by atoms with Crippen LogP contribution in [0.25, 0.3) is 0 Å². The molecule has 2 N–H and O–H groups in total. The van der Waals surface area contributed by atoms with Crippen LogP contribution in [0, 0.1) is 13.8 Å². The van der Waals surface area contributed by atoms with E-state index in [9.17, 15) is 13.2 Å². The third-order valence-electron chi connectivity index (χ3n) is 6.17. The number of nitrogens with one attached hydrogen (secondary N) is 2. The topological polar surface area (TPSA) is 87.7 Å². The minimum absolute atomic E-state index is 0.207. The lowest BCUT2D eigenvalue weighted by Crippen LogP contribution is -2.35. The Labute approximate surface area is 207 Å². The second kappa shape index (κ2) is 11.0. The van der Waals surface area contributed by atoms with Crippen molar-refractivity contribution in [3.05, 3.63) is 94.5 Å². The van der Waals surface area contributed by atoms with Crippen LogP contribution < -0.4 is 10.0 Å². The summed E-state index contributed by atoms with van der Waals surface area (Å²) in [6.07, 6.45) is 0. The molecule has 0 unspecified atom stereocenters. The Morgan fingerprint density at radius 2 is 1.54 bits per heavy atom. The van der Waals surface area contributed by atoms with Crippen molar-refractivity contribution in [1.82, 2.24) is 10.2 Å². The predicted molar refractivity (Wildman–Crippen MR) is 137 cm³/mol. The van der Waals surface area contributed by atoms with E-state index in [4.69, 9.17) is 4.74 Å². The van der Waals surface area contributed by atoms with Crippen LogP contribution in [0.2, 0.25) is 0 Å². The first-order valence-corrected chi connectivity index (χ1v) is 13.1. The quantitative estimate of drug-likeness (QED) is 0.498. The minimum Gasteiger partial charge on any atom is -0.379 e. The zero-order valence-electron chi connectivity index (χ0n) is 20.1. The Bertz CT molecular complexity index is 1270. The van der Waals surface area contributed by atoms with Gasteiger partial charge in [-0.25, -0.2) is 8.42 Å². The SMILES string of the molecule is Cc1ccc(S(=O)(=O)Nc2ccc(C(=O)NCc3ccc(CN4CCOCC4)cc3)cc2)cc1C. The van der Waals surface area contributed by atoms with Gasteiger partial charge >= 0.3 is 0 Å². The minimum atomic E-state index is -3.70. The first-order chi connectivity index (χ1) is 16.8. The van der Waals surface area contributed by atoms with Crippen LogP contribution in [0.15, 0.2) is 71.6 Å². The molecule has 3 aromatic carbocycles. The fraction of sp³-hybridized carbons (Fsp3) is 0.296. The molecule has 0 radical (unpaired) electrons. The maximum atomic E-state index is 12.7. The number of anilines is 1. The average Bonchev–Trinajstić information content (AvgIpc) is 2.86. The molecule has 0 spiro atoms. The number of morpholine rings is 1. The monoisotopic (exact) mass is 493 g/mol. The molecule has 4 rings (SSSR count). The van der Waals surface area contributed by atoms with Gasteiger partial charge in [0.15, 0.2) is 0 Å². The summed E-state index contributed by atoms with van der Waals surface area (Å²) in [5.41, 5.74) is 5.05. The van der Waals surface area contributed by atoms with Gasteiger partial charge in [0, 0.05) is 37.4 Å². The maximum Gasteiger partial charge on any atom is 0.261 e. The van der Waals surface area contributed by atoms with Gasteiger partial charge in [0.25, 0.3) is 15.9 Å². The number of hydrogen-bond acceptors (Lipinski definition) is 5. The summed E-state index contributed by atoms with van der Waals surface area (Å²) in [6, 6.07) is 19.7. The molecule has 1 saturated heterocycles. The van der Waals surface area contributed by atoms with Gasteiger partial charge in [-0.05, 0) is 72.5 Å². The third-order valence-corrected chi connectivity index (χ3v) is 7.55. The number of hydrogen-bond donors (Lipinski definition) is 2. The Morgan fingerprint density at radius 3 is 2.20 bits per heavy atom. The number of benzene rings is 3. The van der Waals surface area contributed by atoms with E-state index < -0.39 is 10.0 Å². The second-order valence-electron chi connectivity index (χ2n) is 8.82. The number of sulfonamides is 1. The number of aryl methyl sites for hydroxylation is 2. The molecule has 1 heterocycles. The second-order valence-corrected chi connectivity index (χ2v) is 10.5. The number of carbonyl (C=O) groups excluding carboxylic acids is 1. The maximum absolute atomic E-state index is 12.7. The molecule has 0 bridgehead atoms. The number of rotatable bonds is 8. The molecule has 3 aromatic rings. The Morgan fingerprint density at radius 1 is 0.886 bits per heavy atom. The normalized spacial score (nSPS) is 14.5. The van der Waals surface area contributed by atoms with E-state index in [0.29, 0.717) is 17.8 Å². The molecule has 35 heavy (non-hydrogen) atoms. The summed E-state index contributed by atoms with van der Waals surface area (Å²) in [6.45, 7) is 8.58. The fourth-order valence-corrected chi connectivity index (χ4v) is 4.99. The van der Waals surface area contributed by atoms with Gasteiger partial charge in [-0.2, -0.15) is 0 Å². The summed E-state index contributed by atoms with van der Waals surface area (Å²) in [5.74, 6) is -0.217. The van der Waals surface area contributed by atoms with Crippen LogP contribution in [0.5, 0.6) is 0 Å². The lowest BCUT2D eigenvalue weighted by Gasteiger charge is -2.26. The smallest absolute Gasteiger partial charge is 0.261 e. The van der Waals surface area contributed by atoms with E-state index in [-0.39, 0.29) is 10.8 Å². The van der Waals surface area contributed by atoms with Crippen LogP contribution in [0.1, 0.15) is 32.6 Å². The molecule has 8 heteroatoms. The highest BCUT2D eigenvalue weighted by molar-refractivity contribution is 7.92. The summed E-state index contributed by atoms with van der Waals surface area (Å²) in [4.78, 5) is 15.1. The summed E-state index contributed by atoms with van der Waals surface area (Å²) in [5, 5.41) is 2.92. The van der Waals surface area contributed by atoms with Crippen molar-refractivity contribution in [1.29, 1.82) is 0 Å². The average molecular weight is 494 g/mol. The molecule has 1 fully saturated rings. The van der Waals surface area contributed by atoms with Gasteiger partial charge in [0.2, 0.25) is 0 Å². The van der Waals surface area contributed by atoms with Crippen LogP contribution in [-0.4, -0.2) is 45.5 Å². The predicted octanol–water partition coefficient (Wildman–Crippen LogP) is 3.87. The van der Waals surface area contributed by atoms with E-state index in [1.807, 2.05) is 26.0 Å². The van der Waals surface area contributed by atoms with Gasteiger partial charge in [0.1, 0.15) is 0 Å². The molecule has 0 aromatic heterocycles. The molecule has 184 valence electrons. The Balaban J connectivity index is 1.30. The largest absolute Gasteiger partial charge is 0.379 e. The van der Waals surface area contributed by atoms with Gasteiger partial charge in [0.05, 0.1) is 18.1 Å². The lowest BCUT2D eigenvalue weighted by atomic mass is 10.1. The van der Waals surface area contributed by atoms with Crippen LogP contribution >= 0.6 is 0 Å². The fourth-order valence-electron chi connectivity index (χ4n) is 3.85. The summed E-state index contributed by atoms with van der Waals surface area (Å²) in [7, 11) is -3.70. The number of carbonyl (C=O) groups is 1. The highest BCUT2D eigenvalue weighted by Gasteiger charge is 2.15.